The maximum Gasteiger partial charge on any atom is 0.243 e. The summed E-state index contributed by atoms with van der Waals surface area (Å²) in [5.74, 6) is 0.618. The third-order valence-electron chi connectivity index (χ3n) is 4.85. The normalized spacial score (nSPS) is 15.8. The minimum atomic E-state index is -3.47. The predicted octanol–water partition coefficient (Wildman–Crippen LogP) is 1.71. The number of carbonyl (C=O) groups is 1. The molecule has 2 aromatic carbocycles. The van der Waals surface area contributed by atoms with Gasteiger partial charge in [0.05, 0.1) is 17.9 Å². The molecule has 0 aliphatic carbocycles. The van der Waals surface area contributed by atoms with E-state index in [1.165, 1.54) is 4.31 Å². The van der Waals surface area contributed by atoms with Gasteiger partial charge in [-0.3, -0.25) is 4.79 Å². The summed E-state index contributed by atoms with van der Waals surface area (Å²) in [7, 11) is -1.48. The zero-order valence-corrected chi connectivity index (χ0v) is 17.4. The van der Waals surface area contributed by atoms with Gasteiger partial charge in [-0.25, -0.2) is 8.42 Å². The third kappa shape index (κ3) is 6.03. The Morgan fingerprint density at radius 3 is 2.31 bits per heavy atom. The number of hydrogen-bond acceptors (Lipinski definition) is 5. The number of rotatable bonds is 8. The summed E-state index contributed by atoms with van der Waals surface area (Å²) in [6.45, 7) is 3.12. The highest BCUT2D eigenvalue weighted by molar-refractivity contribution is 7.89. The number of benzene rings is 2. The van der Waals surface area contributed by atoms with Crippen LogP contribution in [-0.2, 0) is 21.4 Å². The molecule has 7 nitrogen and oxygen atoms in total. The summed E-state index contributed by atoms with van der Waals surface area (Å²) in [4.78, 5) is 14.4. The zero-order valence-electron chi connectivity index (χ0n) is 16.6. The van der Waals surface area contributed by atoms with Crippen molar-refractivity contribution in [1.29, 1.82) is 0 Å². The van der Waals surface area contributed by atoms with Gasteiger partial charge in [-0.05, 0) is 36.9 Å². The number of likely N-dealkylation sites (N-methyl/N-ethyl adjacent to an activating group) is 1. The lowest BCUT2D eigenvalue weighted by Gasteiger charge is -2.31. The highest BCUT2D eigenvalue weighted by atomic mass is 32.2. The molecule has 1 aliphatic rings. The number of carbonyl (C=O) groups excluding carboxylic acids is 1. The number of hydrogen-bond donors (Lipinski definition) is 1. The van der Waals surface area contributed by atoms with Gasteiger partial charge in [0.25, 0.3) is 0 Å². The maximum atomic E-state index is 12.7. The van der Waals surface area contributed by atoms with Crippen molar-refractivity contribution >= 4 is 15.9 Å². The van der Waals surface area contributed by atoms with Crippen LogP contribution in [0.15, 0.2) is 59.5 Å². The van der Waals surface area contributed by atoms with E-state index in [1.54, 1.807) is 24.3 Å². The molecule has 0 bridgehead atoms. The van der Waals surface area contributed by atoms with Crippen molar-refractivity contribution < 1.29 is 17.9 Å². The largest absolute Gasteiger partial charge is 0.493 e. The minimum absolute atomic E-state index is 0.116. The summed E-state index contributed by atoms with van der Waals surface area (Å²) in [5, 5.41) is 2.83. The van der Waals surface area contributed by atoms with E-state index in [2.05, 4.69) is 10.2 Å². The Balaban J connectivity index is 1.45. The first kappa shape index (κ1) is 21.3. The molecule has 1 fully saturated rings. The lowest BCUT2D eigenvalue weighted by Crippen LogP contribution is -2.47. The second-order valence-electron chi connectivity index (χ2n) is 7.04. The Kier molecular flexibility index (Phi) is 7.24. The fourth-order valence-electron chi connectivity index (χ4n) is 3.02. The number of nitrogens with one attached hydrogen (secondary N) is 1. The lowest BCUT2D eigenvalue weighted by molar-refractivity contribution is -0.121. The van der Waals surface area contributed by atoms with Crippen molar-refractivity contribution in [2.45, 2.75) is 17.9 Å². The van der Waals surface area contributed by atoms with Gasteiger partial charge >= 0.3 is 0 Å². The zero-order chi connectivity index (χ0) is 20.7. The van der Waals surface area contributed by atoms with E-state index in [1.807, 2.05) is 37.4 Å². The number of sulfonamides is 1. The average molecular weight is 418 g/mol. The molecule has 1 saturated heterocycles. The fraction of sp³-hybridized carbons (Fsp3) is 0.381. The molecule has 0 aromatic heterocycles. The van der Waals surface area contributed by atoms with Crippen molar-refractivity contribution in [3.8, 4) is 5.75 Å². The molecule has 1 heterocycles. The van der Waals surface area contributed by atoms with Crippen LogP contribution in [0.3, 0.4) is 0 Å². The molecule has 156 valence electrons. The first-order chi connectivity index (χ1) is 13.9. The smallest absolute Gasteiger partial charge is 0.243 e. The maximum absolute atomic E-state index is 12.7. The van der Waals surface area contributed by atoms with E-state index >= 15 is 0 Å². The van der Waals surface area contributed by atoms with Crippen LogP contribution < -0.4 is 10.1 Å². The molecule has 3 rings (SSSR count). The van der Waals surface area contributed by atoms with Gasteiger partial charge in [0.15, 0.2) is 0 Å². The van der Waals surface area contributed by atoms with Crippen LogP contribution in [-0.4, -0.2) is 63.4 Å². The van der Waals surface area contributed by atoms with E-state index in [9.17, 15) is 13.2 Å². The van der Waals surface area contributed by atoms with Crippen LogP contribution in [0, 0.1) is 0 Å². The van der Waals surface area contributed by atoms with Gasteiger partial charge in [0, 0.05) is 32.7 Å². The molecule has 0 radical (unpaired) electrons. The van der Waals surface area contributed by atoms with Crippen molar-refractivity contribution in [3.63, 3.8) is 0 Å². The van der Waals surface area contributed by atoms with Gasteiger partial charge in [0.1, 0.15) is 5.75 Å². The molecule has 2 aromatic rings. The minimum Gasteiger partial charge on any atom is -0.493 e. The van der Waals surface area contributed by atoms with Crippen LogP contribution in [0.25, 0.3) is 0 Å². The predicted molar refractivity (Wildman–Crippen MR) is 111 cm³/mol. The molecule has 8 heteroatoms. The fourth-order valence-corrected chi connectivity index (χ4v) is 4.45. The number of piperazine rings is 1. The van der Waals surface area contributed by atoms with Crippen LogP contribution in [0.2, 0.25) is 0 Å². The molecule has 0 atom stereocenters. The van der Waals surface area contributed by atoms with Gasteiger partial charge in [-0.15, -0.1) is 0 Å². The molecule has 29 heavy (non-hydrogen) atoms. The molecule has 1 amide bonds. The topological polar surface area (TPSA) is 79.0 Å². The van der Waals surface area contributed by atoms with Gasteiger partial charge < -0.3 is 15.0 Å². The van der Waals surface area contributed by atoms with E-state index in [0.717, 1.165) is 24.4 Å². The second kappa shape index (κ2) is 9.87. The first-order valence-electron chi connectivity index (χ1n) is 9.67. The van der Waals surface area contributed by atoms with Crippen molar-refractivity contribution in [1.82, 2.24) is 14.5 Å². The van der Waals surface area contributed by atoms with Crippen molar-refractivity contribution in [2.75, 3.05) is 39.8 Å². The Bertz CT molecular complexity index is 893. The Morgan fingerprint density at radius 1 is 1.00 bits per heavy atom. The average Bonchev–Trinajstić information content (AvgIpc) is 2.74. The van der Waals surface area contributed by atoms with Crippen LogP contribution in [0.4, 0.5) is 0 Å². The SMILES string of the molecule is CN1CCN(S(=O)(=O)c2ccc(CNC(=O)CCOc3ccccc3)cc2)CC1. The van der Waals surface area contributed by atoms with Crippen LogP contribution in [0.1, 0.15) is 12.0 Å². The van der Waals surface area contributed by atoms with Crippen LogP contribution in [0.5, 0.6) is 5.75 Å². The number of amides is 1. The molecule has 0 saturated carbocycles. The van der Waals surface area contributed by atoms with Crippen molar-refractivity contribution in [2.24, 2.45) is 0 Å². The highest BCUT2D eigenvalue weighted by Gasteiger charge is 2.27. The van der Waals surface area contributed by atoms with E-state index in [0.29, 0.717) is 26.2 Å². The molecule has 1 N–H and O–H groups in total. The van der Waals surface area contributed by atoms with Gasteiger partial charge in [0.2, 0.25) is 15.9 Å². The number of ether oxygens (including phenoxy) is 1. The van der Waals surface area contributed by atoms with Crippen LogP contribution >= 0.6 is 0 Å². The Hall–Kier alpha value is -2.42. The Labute approximate surface area is 172 Å². The van der Waals surface area contributed by atoms with E-state index < -0.39 is 10.0 Å². The third-order valence-corrected chi connectivity index (χ3v) is 6.77. The molecule has 0 spiro atoms. The van der Waals surface area contributed by atoms with Gasteiger partial charge in [-0.1, -0.05) is 30.3 Å². The second-order valence-corrected chi connectivity index (χ2v) is 8.98. The molecule has 0 unspecified atom stereocenters. The molecule has 1 aliphatic heterocycles. The highest BCUT2D eigenvalue weighted by Crippen LogP contribution is 2.18. The monoisotopic (exact) mass is 417 g/mol. The summed E-state index contributed by atoms with van der Waals surface area (Å²) in [5.41, 5.74) is 0.847. The van der Waals surface area contributed by atoms with Gasteiger partial charge in [-0.2, -0.15) is 4.31 Å². The summed E-state index contributed by atoms with van der Waals surface area (Å²) >= 11 is 0. The standard InChI is InChI=1S/C21H27N3O4S/c1-23-12-14-24(15-13-23)29(26,27)20-9-7-18(8-10-20)17-22-21(25)11-16-28-19-5-3-2-4-6-19/h2-10H,11-17H2,1H3,(H,22,25). The molecular formula is C21H27N3O4S. The summed E-state index contributed by atoms with van der Waals surface area (Å²) in [6.07, 6.45) is 0.255. The lowest BCUT2D eigenvalue weighted by atomic mass is 10.2. The summed E-state index contributed by atoms with van der Waals surface area (Å²) < 4.78 is 32.5. The first-order valence-corrected chi connectivity index (χ1v) is 11.1. The quantitative estimate of drug-likeness (QED) is 0.707. The number of para-hydroxylation sites is 1. The van der Waals surface area contributed by atoms with E-state index in [4.69, 9.17) is 4.74 Å². The number of nitrogens with zero attached hydrogens (tertiary/aromatic N) is 2. The van der Waals surface area contributed by atoms with E-state index in [-0.39, 0.29) is 17.2 Å². The molecular weight excluding hydrogens is 390 g/mol. The summed E-state index contributed by atoms with van der Waals surface area (Å²) in [6, 6.07) is 16.0. The van der Waals surface area contributed by atoms with Crippen molar-refractivity contribution in [3.05, 3.63) is 60.2 Å². The Morgan fingerprint density at radius 2 is 1.66 bits per heavy atom.